The summed E-state index contributed by atoms with van der Waals surface area (Å²) in [6, 6.07) is 9.80. The molecule has 0 radical (unpaired) electrons. The van der Waals surface area contributed by atoms with Crippen LogP contribution in [0.1, 0.15) is 58.3 Å². The van der Waals surface area contributed by atoms with Gasteiger partial charge in [0.1, 0.15) is 0 Å². The Morgan fingerprint density at radius 2 is 1.57 bits per heavy atom. The maximum absolute atomic E-state index is 5.39. The first-order chi connectivity index (χ1) is 11.3. The number of aromatic amines is 1. The predicted molar refractivity (Wildman–Crippen MR) is 101 cm³/mol. The molecule has 0 spiro atoms. The number of rotatable bonds is 9. The molecule has 0 atom stereocenters. The molecule has 2 aromatic rings. The van der Waals surface area contributed by atoms with E-state index in [1.807, 2.05) is 30.3 Å². The Morgan fingerprint density at radius 3 is 2.09 bits per heavy atom. The molecule has 0 aliphatic rings. The lowest BCUT2D eigenvalue weighted by molar-refractivity contribution is 0.578. The summed E-state index contributed by atoms with van der Waals surface area (Å²) in [5, 5.41) is 7.07. The zero-order chi connectivity index (χ0) is 16.8. The molecule has 0 aliphatic carbocycles. The van der Waals surface area contributed by atoms with Gasteiger partial charge in [0.05, 0.1) is 0 Å². The highest BCUT2D eigenvalue weighted by Crippen LogP contribution is 2.13. The van der Waals surface area contributed by atoms with E-state index in [0.717, 1.165) is 17.9 Å². The Balaban J connectivity index is 0.000000232. The summed E-state index contributed by atoms with van der Waals surface area (Å²) < 4.78 is 0. The topological polar surface area (TPSA) is 67.6 Å². The molecule has 3 N–H and O–H groups in total. The number of aromatic nitrogens is 3. The van der Waals surface area contributed by atoms with Gasteiger partial charge in [0.2, 0.25) is 5.16 Å². The number of H-pyrrole nitrogens is 1. The van der Waals surface area contributed by atoms with Gasteiger partial charge in [-0.05, 0) is 13.0 Å². The minimum atomic E-state index is 0.467. The molecule has 1 aromatic carbocycles. The third-order valence-corrected chi connectivity index (χ3v) is 3.78. The van der Waals surface area contributed by atoms with Gasteiger partial charge in [0, 0.05) is 5.56 Å². The van der Waals surface area contributed by atoms with Gasteiger partial charge in [-0.15, -0.1) is 17.7 Å². The number of hydrogen-bond acceptors (Lipinski definition) is 4. The molecule has 0 bridgehead atoms. The fourth-order valence-electron chi connectivity index (χ4n) is 2.26. The predicted octanol–water partition coefficient (Wildman–Crippen LogP) is 4.85. The smallest absolute Gasteiger partial charge is 0.205 e. The molecular formula is C18H30N4S. The highest BCUT2D eigenvalue weighted by Gasteiger charge is 2.00. The SMILES string of the molecule is CCCCCCCCCCN.Sc1n[nH]c(-c2ccccc2)n1. The maximum Gasteiger partial charge on any atom is 0.205 e. The Hall–Kier alpha value is -1.33. The standard InChI is InChI=1S/C10H23N.C8H7N3S/c1-2-3-4-5-6-7-8-9-10-11;12-8-9-7(10-11-8)6-4-2-1-3-5-6/h2-11H2,1H3;1-5H,(H2,9,10,11,12). The van der Waals surface area contributed by atoms with Gasteiger partial charge < -0.3 is 5.73 Å². The van der Waals surface area contributed by atoms with Crippen LogP contribution < -0.4 is 5.73 Å². The van der Waals surface area contributed by atoms with Crippen LogP contribution in [0, 0.1) is 0 Å². The highest BCUT2D eigenvalue weighted by molar-refractivity contribution is 7.80. The number of nitrogens with two attached hydrogens (primary N) is 1. The van der Waals surface area contributed by atoms with Crippen molar-refractivity contribution in [3.8, 4) is 11.4 Å². The Kier molecular flexibility index (Phi) is 11.3. The van der Waals surface area contributed by atoms with Crippen molar-refractivity contribution in [2.24, 2.45) is 5.73 Å². The lowest BCUT2D eigenvalue weighted by Crippen LogP contribution is -1.97. The molecule has 0 amide bonds. The summed E-state index contributed by atoms with van der Waals surface area (Å²) in [5.41, 5.74) is 6.41. The number of benzene rings is 1. The molecule has 23 heavy (non-hydrogen) atoms. The summed E-state index contributed by atoms with van der Waals surface area (Å²) >= 11 is 4.00. The van der Waals surface area contributed by atoms with Crippen molar-refractivity contribution in [2.75, 3.05) is 6.54 Å². The molecular weight excluding hydrogens is 304 g/mol. The van der Waals surface area contributed by atoms with Gasteiger partial charge in [-0.25, -0.2) is 4.98 Å². The van der Waals surface area contributed by atoms with E-state index < -0.39 is 0 Å². The molecule has 1 heterocycles. The first-order valence-corrected chi connectivity index (χ1v) is 9.09. The van der Waals surface area contributed by atoms with Crippen molar-refractivity contribution in [1.82, 2.24) is 15.2 Å². The Labute approximate surface area is 145 Å². The highest BCUT2D eigenvalue weighted by atomic mass is 32.1. The quantitative estimate of drug-likeness (QED) is 0.454. The molecule has 1 aromatic heterocycles. The van der Waals surface area contributed by atoms with Gasteiger partial charge in [-0.3, -0.25) is 5.10 Å². The van der Waals surface area contributed by atoms with Crippen LogP contribution in [0.2, 0.25) is 0 Å². The summed E-state index contributed by atoms with van der Waals surface area (Å²) in [5.74, 6) is 0.751. The van der Waals surface area contributed by atoms with Crippen LogP contribution >= 0.6 is 12.6 Å². The third-order valence-electron chi connectivity index (χ3n) is 3.58. The number of nitrogens with zero attached hydrogens (tertiary/aromatic N) is 2. The van der Waals surface area contributed by atoms with Crippen molar-refractivity contribution in [3.05, 3.63) is 30.3 Å². The average molecular weight is 335 g/mol. The number of unbranched alkanes of at least 4 members (excludes halogenated alkanes) is 7. The fraction of sp³-hybridized carbons (Fsp3) is 0.556. The fourth-order valence-corrected chi connectivity index (χ4v) is 2.41. The van der Waals surface area contributed by atoms with E-state index in [4.69, 9.17) is 5.73 Å². The molecule has 0 unspecified atom stereocenters. The molecule has 2 rings (SSSR count). The van der Waals surface area contributed by atoms with Gasteiger partial charge in [-0.2, -0.15) is 0 Å². The first kappa shape index (κ1) is 19.7. The van der Waals surface area contributed by atoms with Gasteiger partial charge in [0.25, 0.3) is 0 Å². The molecule has 0 aliphatic heterocycles. The second-order valence-electron chi connectivity index (χ2n) is 5.61. The van der Waals surface area contributed by atoms with Crippen molar-refractivity contribution in [3.63, 3.8) is 0 Å². The van der Waals surface area contributed by atoms with Crippen molar-refractivity contribution in [1.29, 1.82) is 0 Å². The van der Waals surface area contributed by atoms with Crippen LogP contribution in [-0.4, -0.2) is 21.7 Å². The summed E-state index contributed by atoms with van der Waals surface area (Å²) in [7, 11) is 0. The number of hydrogen-bond donors (Lipinski definition) is 3. The second kappa shape index (κ2) is 13.1. The molecule has 0 saturated carbocycles. The number of nitrogens with one attached hydrogen (secondary N) is 1. The monoisotopic (exact) mass is 334 g/mol. The van der Waals surface area contributed by atoms with Gasteiger partial charge in [-0.1, -0.05) is 82.2 Å². The minimum Gasteiger partial charge on any atom is -0.330 e. The summed E-state index contributed by atoms with van der Waals surface area (Å²) in [6.07, 6.45) is 11.0. The lowest BCUT2D eigenvalue weighted by Gasteiger charge is -1.99. The van der Waals surface area contributed by atoms with Crippen molar-refractivity contribution < 1.29 is 0 Å². The van der Waals surface area contributed by atoms with Crippen LogP contribution in [-0.2, 0) is 0 Å². The zero-order valence-electron chi connectivity index (χ0n) is 14.2. The minimum absolute atomic E-state index is 0.467. The molecule has 0 saturated heterocycles. The molecule has 5 heteroatoms. The lowest BCUT2D eigenvalue weighted by atomic mass is 10.1. The van der Waals surface area contributed by atoms with Crippen LogP contribution in [0.5, 0.6) is 0 Å². The maximum atomic E-state index is 5.39. The van der Waals surface area contributed by atoms with E-state index >= 15 is 0 Å². The number of thiol groups is 1. The first-order valence-electron chi connectivity index (χ1n) is 8.64. The van der Waals surface area contributed by atoms with Crippen LogP contribution in [0.15, 0.2) is 35.5 Å². The second-order valence-corrected chi connectivity index (χ2v) is 6.01. The average Bonchev–Trinajstić information content (AvgIpc) is 3.02. The molecule has 128 valence electrons. The van der Waals surface area contributed by atoms with E-state index in [1.165, 1.54) is 51.4 Å². The van der Waals surface area contributed by atoms with Gasteiger partial charge >= 0.3 is 0 Å². The van der Waals surface area contributed by atoms with Crippen LogP contribution in [0.4, 0.5) is 0 Å². The summed E-state index contributed by atoms with van der Waals surface area (Å²) in [4.78, 5) is 4.08. The van der Waals surface area contributed by atoms with Crippen molar-refractivity contribution >= 4 is 12.6 Å². The Morgan fingerprint density at radius 1 is 0.957 bits per heavy atom. The molecule has 4 nitrogen and oxygen atoms in total. The van der Waals surface area contributed by atoms with E-state index in [1.54, 1.807) is 0 Å². The third kappa shape index (κ3) is 9.41. The van der Waals surface area contributed by atoms with Crippen LogP contribution in [0.25, 0.3) is 11.4 Å². The largest absolute Gasteiger partial charge is 0.330 e. The van der Waals surface area contributed by atoms with Crippen molar-refractivity contribution in [2.45, 2.75) is 63.4 Å². The normalized spacial score (nSPS) is 10.2. The van der Waals surface area contributed by atoms with E-state index in [9.17, 15) is 0 Å². The summed E-state index contributed by atoms with van der Waals surface area (Å²) in [6.45, 7) is 3.13. The zero-order valence-corrected chi connectivity index (χ0v) is 15.1. The van der Waals surface area contributed by atoms with E-state index in [2.05, 4.69) is 34.7 Å². The molecule has 0 fully saturated rings. The Bertz CT molecular complexity index is 491. The van der Waals surface area contributed by atoms with E-state index in [-0.39, 0.29) is 0 Å². The van der Waals surface area contributed by atoms with Gasteiger partial charge in [0.15, 0.2) is 5.82 Å². The van der Waals surface area contributed by atoms with Crippen LogP contribution in [0.3, 0.4) is 0 Å². The van der Waals surface area contributed by atoms with E-state index in [0.29, 0.717) is 5.16 Å².